The Bertz CT molecular complexity index is 698. The topological polar surface area (TPSA) is 67.9 Å². The molecular weight excluding hydrogens is 356 g/mol. The van der Waals surface area contributed by atoms with Crippen molar-refractivity contribution in [3.05, 3.63) is 23.8 Å². The Kier molecular flexibility index (Phi) is 6.81. The Hall–Kier alpha value is -2.24. The van der Waals surface area contributed by atoms with E-state index in [4.69, 9.17) is 9.47 Å². The predicted octanol–water partition coefficient (Wildman–Crippen LogP) is 4.05. The summed E-state index contributed by atoms with van der Waals surface area (Å²) < 4.78 is 11.1. The minimum absolute atomic E-state index is 0.0148. The minimum atomic E-state index is -0.0733. The lowest BCUT2D eigenvalue weighted by molar-refractivity contribution is -0.149. The maximum Gasteiger partial charge on any atom is 0.322 e. The number of carbonyl (C=O) groups is 2. The van der Waals surface area contributed by atoms with Crippen molar-refractivity contribution in [3.8, 4) is 5.75 Å². The molecule has 1 saturated carbocycles. The Balaban J connectivity index is 1.55. The molecule has 28 heavy (non-hydrogen) atoms. The summed E-state index contributed by atoms with van der Waals surface area (Å²) in [6.45, 7) is 7.58. The zero-order chi connectivity index (χ0) is 20.1. The lowest BCUT2D eigenvalue weighted by atomic mass is 9.82. The maximum absolute atomic E-state index is 12.9. The second-order valence-electron chi connectivity index (χ2n) is 7.89. The lowest BCUT2D eigenvalue weighted by Gasteiger charge is -2.35. The summed E-state index contributed by atoms with van der Waals surface area (Å²) >= 11 is 0. The molecule has 154 valence electrons. The van der Waals surface area contributed by atoms with Crippen molar-refractivity contribution in [3.63, 3.8) is 0 Å². The fourth-order valence-electron chi connectivity index (χ4n) is 4.05. The molecule has 1 aromatic carbocycles. The van der Waals surface area contributed by atoms with Crippen molar-refractivity contribution in [1.82, 2.24) is 5.32 Å². The molecular formula is C22H32N2O4. The van der Waals surface area contributed by atoms with E-state index in [1.54, 1.807) is 0 Å². The third kappa shape index (κ3) is 4.78. The second-order valence-corrected chi connectivity index (χ2v) is 7.89. The first-order valence-corrected chi connectivity index (χ1v) is 10.5. The molecule has 0 radical (unpaired) electrons. The number of hydrogen-bond acceptors (Lipinski definition) is 4. The maximum atomic E-state index is 12.9. The summed E-state index contributed by atoms with van der Waals surface area (Å²) in [5.74, 6) is 1.13. The van der Waals surface area contributed by atoms with Crippen LogP contribution < -0.4 is 15.0 Å². The number of nitrogens with zero attached hydrogens (tertiary/aromatic N) is 1. The van der Waals surface area contributed by atoms with E-state index in [1.807, 2.05) is 36.9 Å². The van der Waals surface area contributed by atoms with Crippen LogP contribution in [0.4, 0.5) is 10.5 Å². The van der Waals surface area contributed by atoms with Gasteiger partial charge in [-0.2, -0.15) is 0 Å². The van der Waals surface area contributed by atoms with Crippen molar-refractivity contribution in [2.45, 2.75) is 59.0 Å². The van der Waals surface area contributed by atoms with E-state index in [0.717, 1.165) is 49.1 Å². The van der Waals surface area contributed by atoms with Gasteiger partial charge in [-0.25, -0.2) is 4.79 Å². The van der Waals surface area contributed by atoms with Gasteiger partial charge in [0.2, 0.25) is 0 Å². The fourth-order valence-corrected chi connectivity index (χ4v) is 4.05. The molecule has 1 fully saturated rings. The molecule has 0 aromatic heterocycles. The van der Waals surface area contributed by atoms with Crippen molar-refractivity contribution < 1.29 is 19.1 Å². The molecule has 0 spiro atoms. The fraction of sp³-hybridized carbons (Fsp3) is 0.636. The first-order valence-electron chi connectivity index (χ1n) is 10.5. The van der Waals surface area contributed by atoms with Gasteiger partial charge in [0, 0.05) is 6.54 Å². The van der Waals surface area contributed by atoms with Gasteiger partial charge in [-0.05, 0) is 69.6 Å². The second kappa shape index (κ2) is 9.30. The number of urea groups is 1. The zero-order valence-corrected chi connectivity index (χ0v) is 17.2. The number of esters is 1. The molecule has 6 nitrogen and oxygen atoms in total. The largest absolute Gasteiger partial charge is 0.486 e. The highest BCUT2D eigenvalue weighted by Crippen LogP contribution is 2.35. The first-order chi connectivity index (χ1) is 13.5. The number of fused-ring (bicyclic) bond motifs is 1. The monoisotopic (exact) mass is 388 g/mol. The van der Waals surface area contributed by atoms with Crippen molar-refractivity contribution in [2.24, 2.45) is 11.8 Å². The van der Waals surface area contributed by atoms with Crippen molar-refractivity contribution in [1.29, 1.82) is 0 Å². The van der Waals surface area contributed by atoms with Crippen molar-refractivity contribution in [2.75, 3.05) is 24.6 Å². The Morgan fingerprint density at radius 1 is 1.21 bits per heavy atom. The number of carbonyl (C=O) groups excluding carboxylic acids is 2. The van der Waals surface area contributed by atoms with Crippen LogP contribution in [-0.2, 0) is 9.53 Å². The normalized spacial score (nSPS) is 24.1. The smallest absolute Gasteiger partial charge is 0.322 e. The van der Waals surface area contributed by atoms with Crippen LogP contribution in [-0.4, -0.2) is 37.8 Å². The van der Waals surface area contributed by atoms with Crippen LogP contribution in [0.3, 0.4) is 0 Å². The Morgan fingerprint density at radius 3 is 2.64 bits per heavy atom. The highest BCUT2D eigenvalue weighted by molar-refractivity contribution is 5.94. The molecule has 1 aliphatic carbocycles. The third-order valence-corrected chi connectivity index (χ3v) is 5.79. The molecule has 1 heterocycles. The molecule has 0 bridgehead atoms. The SMILES string of the molecule is CCOC(=O)C1CCC(CNC(=O)N2C[C@@H](CC)Oc3ccc(C)cc32)CC1. The van der Waals surface area contributed by atoms with E-state index in [2.05, 4.69) is 12.2 Å². The highest BCUT2D eigenvalue weighted by atomic mass is 16.5. The van der Waals surface area contributed by atoms with Crippen molar-refractivity contribution >= 4 is 17.7 Å². The molecule has 0 saturated heterocycles. The van der Waals surface area contributed by atoms with Gasteiger partial charge in [-0.15, -0.1) is 0 Å². The molecule has 1 atom stereocenters. The van der Waals surface area contributed by atoms with Crippen LogP contribution in [0.1, 0.15) is 51.5 Å². The highest BCUT2D eigenvalue weighted by Gasteiger charge is 2.31. The number of anilines is 1. The molecule has 0 unspecified atom stereocenters. The molecule has 2 aliphatic rings. The van der Waals surface area contributed by atoms with Gasteiger partial charge in [-0.3, -0.25) is 9.69 Å². The number of amides is 2. The van der Waals surface area contributed by atoms with Gasteiger partial charge in [0.1, 0.15) is 11.9 Å². The Morgan fingerprint density at radius 2 is 1.96 bits per heavy atom. The number of rotatable bonds is 5. The number of nitrogens with one attached hydrogen (secondary N) is 1. The zero-order valence-electron chi connectivity index (χ0n) is 17.2. The number of benzene rings is 1. The molecule has 1 aliphatic heterocycles. The minimum Gasteiger partial charge on any atom is -0.486 e. The standard InChI is InChI=1S/C22H32N2O4/c1-4-18-14-24(19-12-15(3)6-11-20(19)28-18)22(26)23-13-16-7-9-17(10-8-16)21(25)27-5-2/h6,11-12,16-18H,4-5,7-10,13-14H2,1-3H3,(H,23,26)/t16?,17?,18-/m1/s1. The van der Waals surface area contributed by atoms with Gasteiger partial charge in [-0.1, -0.05) is 13.0 Å². The summed E-state index contributed by atoms with van der Waals surface area (Å²) in [5.41, 5.74) is 1.95. The van der Waals surface area contributed by atoms with Gasteiger partial charge in [0.15, 0.2) is 0 Å². The van der Waals surface area contributed by atoms with E-state index in [1.165, 1.54) is 0 Å². The van der Waals surface area contributed by atoms with E-state index in [-0.39, 0.29) is 24.0 Å². The summed E-state index contributed by atoms with van der Waals surface area (Å²) in [6.07, 6.45) is 4.45. The lowest BCUT2D eigenvalue weighted by Crippen LogP contribution is -2.49. The average molecular weight is 389 g/mol. The quantitative estimate of drug-likeness (QED) is 0.773. The predicted molar refractivity (Wildman–Crippen MR) is 109 cm³/mol. The van der Waals surface area contributed by atoms with Crippen LogP contribution in [0.25, 0.3) is 0 Å². The average Bonchev–Trinajstić information content (AvgIpc) is 2.71. The molecule has 6 heteroatoms. The summed E-state index contributed by atoms with van der Waals surface area (Å²) in [6, 6.07) is 5.89. The number of hydrogen-bond donors (Lipinski definition) is 1. The van der Waals surface area contributed by atoms with Gasteiger partial charge >= 0.3 is 12.0 Å². The van der Waals surface area contributed by atoms with E-state index in [9.17, 15) is 9.59 Å². The van der Waals surface area contributed by atoms with Crippen LogP contribution in [0.2, 0.25) is 0 Å². The summed E-state index contributed by atoms with van der Waals surface area (Å²) in [4.78, 5) is 26.6. The summed E-state index contributed by atoms with van der Waals surface area (Å²) in [7, 11) is 0. The third-order valence-electron chi connectivity index (χ3n) is 5.79. The molecule has 1 aromatic rings. The summed E-state index contributed by atoms with van der Waals surface area (Å²) in [5, 5.41) is 3.11. The first kappa shape index (κ1) is 20.5. The van der Waals surface area contributed by atoms with Crippen LogP contribution >= 0.6 is 0 Å². The number of aryl methyl sites for hydroxylation is 1. The number of ether oxygens (including phenoxy) is 2. The van der Waals surface area contributed by atoms with Crippen LogP contribution in [0.5, 0.6) is 5.75 Å². The van der Waals surface area contributed by atoms with Crippen LogP contribution in [0.15, 0.2) is 18.2 Å². The van der Waals surface area contributed by atoms with Gasteiger partial charge in [0.05, 0.1) is 24.8 Å². The van der Waals surface area contributed by atoms with E-state index < -0.39 is 0 Å². The van der Waals surface area contributed by atoms with Crippen LogP contribution in [0, 0.1) is 18.8 Å². The van der Waals surface area contributed by atoms with Gasteiger partial charge < -0.3 is 14.8 Å². The van der Waals surface area contributed by atoms with Gasteiger partial charge in [0.25, 0.3) is 0 Å². The molecule has 2 amide bonds. The van der Waals surface area contributed by atoms with E-state index >= 15 is 0 Å². The Labute approximate surface area is 167 Å². The molecule has 3 rings (SSSR count). The van der Waals surface area contributed by atoms with E-state index in [0.29, 0.717) is 25.6 Å². The molecule has 1 N–H and O–H groups in total.